The Bertz CT molecular complexity index is 520. The van der Waals surface area contributed by atoms with Gasteiger partial charge in [-0.15, -0.1) is 0 Å². The van der Waals surface area contributed by atoms with Gasteiger partial charge in [0.2, 0.25) is 0 Å². The third-order valence-electron chi connectivity index (χ3n) is 2.19. The van der Waals surface area contributed by atoms with Crippen LogP contribution in [0.4, 0.5) is 0 Å². The molecule has 2 N–H and O–H groups in total. The molecule has 16 heavy (non-hydrogen) atoms. The average Bonchev–Trinajstić information content (AvgIpc) is 2.30. The van der Waals surface area contributed by atoms with Crippen LogP contribution in [0.15, 0.2) is 42.7 Å². The molecule has 0 bridgehead atoms. The number of benzene rings is 1. The van der Waals surface area contributed by atoms with Gasteiger partial charge in [-0.2, -0.15) is 0 Å². The number of pyridine rings is 1. The minimum absolute atomic E-state index is 0.144. The maximum absolute atomic E-state index is 10.8. The van der Waals surface area contributed by atoms with Crippen molar-refractivity contribution in [3.63, 3.8) is 0 Å². The van der Waals surface area contributed by atoms with Gasteiger partial charge in [-0.25, -0.2) is 4.79 Å². The Hall–Kier alpha value is -2.36. The zero-order valence-corrected chi connectivity index (χ0v) is 8.29. The highest BCUT2D eigenvalue weighted by molar-refractivity contribution is 5.88. The molecule has 0 aliphatic carbocycles. The molecule has 0 amide bonds. The van der Waals surface area contributed by atoms with Crippen LogP contribution in [-0.2, 0) is 0 Å². The van der Waals surface area contributed by atoms with Gasteiger partial charge < -0.3 is 10.2 Å². The lowest BCUT2D eigenvalue weighted by Crippen LogP contribution is -1.97. The number of carboxylic acids is 1. The first-order valence-electron chi connectivity index (χ1n) is 4.64. The van der Waals surface area contributed by atoms with E-state index in [1.165, 1.54) is 6.20 Å². The van der Waals surface area contributed by atoms with E-state index in [-0.39, 0.29) is 11.3 Å². The third kappa shape index (κ3) is 2.00. The number of phenols is 1. The van der Waals surface area contributed by atoms with Crippen LogP contribution in [0.3, 0.4) is 0 Å². The van der Waals surface area contributed by atoms with Crippen molar-refractivity contribution in [2.24, 2.45) is 0 Å². The minimum atomic E-state index is -1.01. The quantitative estimate of drug-likeness (QED) is 0.805. The Balaban J connectivity index is 2.44. The van der Waals surface area contributed by atoms with Crippen LogP contribution in [-0.4, -0.2) is 21.2 Å². The van der Waals surface area contributed by atoms with Gasteiger partial charge in [0.25, 0.3) is 0 Å². The van der Waals surface area contributed by atoms with Crippen LogP contribution < -0.4 is 0 Å². The lowest BCUT2D eigenvalue weighted by Gasteiger charge is -2.02. The maximum Gasteiger partial charge on any atom is 0.337 e. The second kappa shape index (κ2) is 4.02. The minimum Gasteiger partial charge on any atom is -0.508 e. The fourth-order valence-corrected chi connectivity index (χ4v) is 1.37. The van der Waals surface area contributed by atoms with Crippen molar-refractivity contribution in [2.45, 2.75) is 0 Å². The molecule has 0 atom stereocenters. The molecule has 0 unspecified atom stereocenters. The molecular formula is C12H9NO3. The molecule has 1 aromatic carbocycles. The summed E-state index contributed by atoms with van der Waals surface area (Å²) in [7, 11) is 0. The van der Waals surface area contributed by atoms with Crippen molar-refractivity contribution in [2.75, 3.05) is 0 Å². The van der Waals surface area contributed by atoms with Crippen molar-refractivity contribution < 1.29 is 15.0 Å². The third-order valence-corrected chi connectivity index (χ3v) is 2.19. The number of hydrogen-bond acceptors (Lipinski definition) is 3. The SMILES string of the molecule is O=C(O)c1cncc(-c2ccc(O)cc2)c1. The fraction of sp³-hybridized carbons (Fsp3) is 0. The van der Waals surface area contributed by atoms with E-state index in [0.717, 1.165) is 5.56 Å². The van der Waals surface area contributed by atoms with Crippen molar-refractivity contribution >= 4 is 5.97 Å². The van der Waals surface area contributed by atoms with Crippen molar-refractivity contribution in [1.82, 2.24) is 4.98 Å². The maximum atomic E-state index is 10.8. The Labute approximate surface area is 91.8 Å². The standard InChI is InChI=1S/C12H9NO3/c14-11-3-1-8(2-4-11)9-5-10(12(15)16)7-13-6-9/h1-7,14H,(H,15,16). The summed E-state index contributed by atoms with van der Waals surface area (Å²) in [6.45, 7) is 0. The summed E-state index contributed by atoms with van der Waals surface area (Å²) in [6, 6.07) is 8.04. The zero-order valence-electron chi connectivity index (χ0n) is 8.29. The van der Waals surface area contributed by atoms with E-state index >= 15 is 0 Å². The first kappa shape index (κ1) is 10.2. The van der Waals surface area contributed by atoms with Gasteiger partial charge in [-0.05, 0) is 23.8 Å². The molecule has 0 radical (unpaired) electrons. The highest BCUT2D eigenvalue weighted by Gasteiger charge is 2.05. The molecule has 0 fully saturated rings. The van der Waals surface area contributed by atoms with Crippen LogP contribution in [0.1, 0.15) is 10.4 Å². The van der Waals surface area contributed by atoms with E-state index in [0.29, 0.717) is 5.56 Å². The van der Waals surface area contributed by atoms with E-state index in [1.807, 2.05) is 0 Å². The first-order chi connectivity index (χ1) is 7.66. The topological polar surface area (TPSA) is 70.4 Å². The molecule has 0 aliphatic heterocycles. The fourth-order valence-electron chi connectivity index (χ4n) is 1.37. The van der Waals surface area contributed by atoms with Crippen LogP contribution in [0.5, 0.6) is 5.75 Å². The number of phenolic OH excluding ortho intramolecular Hbond substituents is 1. The predicted octanol–water partition coefficient (Wildman–Crippen LogP) is 2.15. The number of aromatic nitrogens is 1. The van der Waals surface area contributed by atoms with Gasteiger partial charge in [-0.3, -0.25) is 4.98 Å². The monoisotopic (exact) mass is 215 g/mol. The number of rotatable bonds is 2. The lowest BCUT2D eigenvalue weighted by molar-refractivity contribution is 0.0696. The highest BCUT2D eigenvalue weighted by atomic mass is 16.4. The van der Waals surface area contributed by atoms with Crippen LogP contribution in [0, 0.1) is 0 Å². The number of carboxylic acid groups (broad SMARTS) is 1. The lowest BCUT2D eigenvalue weighted by atomic mass is 10.1. The summed E-state index contributed by atoms with van der Waals surface area (Å²) in [5, 5.41) is 18.0. The second-order valence-corrected chi connectivity index (χ2v) is 3.31. The summed E-state index contributed by atoms with van der Waals surface area (Å²) in [6.07, 6.45) is 2.88. The Kier molecular flexibility index (Phi) is 2.55. The first-order valence-corrected chi connectivity index (χ1v) is 4.64. The van der Waals surface area contributed by atoms with Crippen LogP contribution in [0.25, 0.3) is 11.1 Å². The zero-order chi connectivity index (χ0) is 11.5. The van der Waals surface area contributed by atoms with Gasteiger partial charge in [-0.1, -0.05) is 12.1 Å². The van der Waals surface area contributed by atoms with Crippen molar-refractivity contribution in [3.8, 4) is 16.9 Å². The number of aromatic carboxylic acids is 1. The molecule has 4 nitrogen and oxygen atoms in total. The molecule has 0 saturated heterocycles. The number of hydrogen-bond donors (Lipinski definition) is 2. The molecule has 4 heteroatoms. The van der Waals surface area contributed by atoms with E-state index in [1.54, 1.807) is 36.5 Å². The second-order valence-electron chi connectivity index (χ2n) is 3.31. The predicted molar refractivity (Wildman–Crippen MR) is 58.3 cm³/mol. The van der Waals surface area contributed by atoms with Gasteiger partial charge >= 0.3 is 5.97 Å². The molecule has 2 aromatic rings. The van der Waals surface area contributed by atoms with Gasteiger partial charge in [0.05, 0.1) is 5.56 Å². The summed E-state index contributed by atoms with van der Waals surface area (Å²) in [4.78, 5) is 14.6. The van der Waals surface area contributed by atoms with Gasteiger partial charge in [0.15, 0.2) is 0 Å². The Morgan fingerprint density at radius 2 is 1.75 bits per heavy atom. The Morgan fingerprint density at radius 3 is 2.38 bits per heavy atom. The summed E-state index contributed by atoms with van der Waals surface area (Å²) in [5.41, 5.74) is 1.67. The van der Waals surface area contributed by atoms with E-state index in [4.69, 9.17) is 10.2 Å². The normalized spacial score (nSPS) is 10.0. The van der Waals surface area contributed by atoms with Crippen molar-refractivity contribution in [3.05, 3.63) is 48.3 Å². The summed E-state index contributed by atoms with van der Waals surface area (Å²) in [5.74, 6) is -0.834. The van der Waals surface area contributed by atoms with Gasteiger partial charge in [0, 0.05) is 18.0 Å². The molecule has 1 aromatic heterocycles. The summed E-state index contributed by atoms with van der Waals surface area (Å²) >= 11 is 0. The molecule has 2 rings (SSSR count). The molecule has 1 heterocycles. The average molecular weight is 215 g/mol. The van der Waals surface area contributed by atoms with E-state index in [9.17, 15) is 4.79 Å². The number of aromatic hydroxyl groups is 1. The van der Waals surface area contributed by atoms with Crippen LogP contribution in [0.2, 0.25) is 0 Å². The molecule has 0 aliphatic rings. The number of carbonyl (C=O) groups is 1. The van der Waals surface area contributed by atoms with Crippen LogP contribution >= 0.6 is 0 Å². The highest BCUT2D eigenvalue weighted by Crippen LogP contribution is 2.21. The van der Waals surface area contributed by atoms with E-state index in [2.05, 4.69) is 4.98 Å². The number of nitrogens with zero attached hydrogens (tertiary/aromatic N) is 1. The van der Waals surface area contributed by atoms with Gasteiger partial charge in [0.1, 0.15) is 5.75 Å². The summed E-state index contributed by atoms with van der Waals surface area (Å²) < 4.78 is 0. The molecule has 0 spiro atoms. The van der Waals surface area contributed by atoms with E-state index < -0.39 is 5.97 Å². The molecular weight excluding hydrogens is 206 g/mol. The van der Waals surface area contributed by atoms with Crippen molar-refractivity contribution in [1.29, 1.82) is 0 Å². The Morgan fingerprint density at radius 1 is 1.06 bits per heavy atom. The largest absolute Gasteiger partial charge is 0.508 e. The molecule has 0 saturated carbocycles. The smallest absolute Gasteiger partial charge is 0.337 e. The molecule has 80 valence electrons.